The minimum atomic E-state index is 0.0271. The molecule has 6 rings (SSSR count). The fourth-order valence-electron chi connectivity index (χ4n) is 5.67. The number of hydrogen-bond acceptors (Lipinski definition) is 5. The Balaban J connectivity index is 0.980. The lowest BCUT2D eigenvalue weighted by molar-refractivity contribution is 0.0921. The Morgan fingerprint density at radius 2 is 1.86 bits per heavy atom. The van der Waals surface area contributed by atoms with Crippen LogP contribution in [0.4, 0.5) is 0 Å². The first kappa shape index (κ1) is 23.3. The summed E-state index contributed by atoms with van der Waals surface area (Å²) in [6.45, 7) is 3.25. The third-order valence-corrected chi connectivity index (χ3v) is 8.96. The highest BCUT2D eigenvalue weighted by Crippen LogP contribution is 2.32. The van der Waals surface area contributed by atoms with Crippen LogP contribution >= 0.6 is 11.3 Å². The lowest BCUT2D eigenvalue weighted by Gasteiger charge is -2.32. The van der Waals surface area contributed by atoms with Crippen LogP contribution in [0.15, 0.2) is 66.9 Å². The number of benzene rings is 2. The molecule has 0 atom stereocenters. The standard InChI is InChI=1S/C30H32N4OS/c35-29(25-8-4-10-26-24(25)9-5-17-31-26)32-23-13-11-21(12-14-23)15-18-34-19-16-28-27(20-34)33-30(36-28)22-6-2-1-3-7-22/h1-10,17,21,23H,11-16,18-20H2,(H,32,35)/t21-,23-. The molecule has 1 N–H and O–H groups in total. The maximum Gasteiger partial charge on any atom is 0.252 e. The van der Waals surface area contributed by atoms with Gasteiger partial charge in [0, 0.05) is 46.7 Å². The summed E-state index contributed by atoms with van der Waals surface area (Å²) in [5.41, 5.74) is 4.10. The zero-order valence-electron chi connectivity index (χ0n) is 20.5. The minimum absolute atomic E-state index is 0.0271. The number of hydrogen-bond donors (Lipinski definition) is 1. The van der Waals surface area contributed by atoms with E-state index < -0.39 is 0 Å². The van der Waals surface area contributed by atoms with Gasteiger partial charge < -0.3 is 5.32 Å². The van der Waals surface area contributed by atoms with Gasteiger partial charge in [0.15, 0.2) is 0 Å². The van der Waals surface area contributed by atoms with Gasteiger partial charge in [-0.2, -0.15) is 0 Å². The summed E-state index contributed by atoms with van der Waals surface area (Å²) in [5, 5.41) is 5.37. The third-order valence-electron chi connectivity index (χ3n) is 7.75. The van der Waals surface area contributed by atoms with Crippen molar-refractivity contribution in [3.8, 4) is 10.6 Å². The molecule has 1 aliphatic carbocycles. The Morgan fingerprint density at radius 3 is 2.72 bits per heavy atom. The number of rotatable bonds is 6. The third kappa shape index (κ3) is 5.06. The zero-order chi connectivity index (χ0) is 24.3. The number of carbonyl (C=O) groups is 1. The average molecular weight is 497 g/mol. The summed E-state index contributed by atoms with van der Waals surface area (Å²) in [4.78, 5) is 26.4. The maximum atomic E-state index is 13.0. The van der Waals surface area contributed by atoms with E-state index in [4.69, 9.17) is 4.98 Å². The van der Waals surface area contributed by atoms with Crippen LogP contribution in [0.2, 0.25) is 0 Å². The Hall–Kier alpha value is -3.09. The number of pyridine rings is 1. The van der Waals surface area contributed by atoms with E-state index in [1.54, 1.807) is 6.20 Å². The molecule has 1 fully saturated rings. The van der Waals surface area contributed by atoms with E-state index in [9.17, 15) is 4.79 Å². The predicted octanol–water partition coefficient (Wildman–Crippen LogP) is 6.10. The topological polar surface area (TPSA) is 58.1 Å². The Morgan fingerprint density at radius 1 is 1.00 bits per heavy atom. The largest absolute Gasteiger partial charge is 0.349 e. The molecule has 0 bridgehead atoms. The van der Waals surface area contributed by atoms with Crippen LogP contribution in [0.3, 0.4) is 0 Å². The predicted molar refractivity (Wildman–Crippen MR) is 146 cm³/mol. The van der Waals surface area contributed by atoms with Crippen molar-refractivity contribution in [1.82, 2.24) is 20.2 Å². The molecule has 5 nitrogen and oxygen atoms in total. The van der Waals surface area contributed by atoms with Gasteiger partial charge in [-0.15, -0.1) is 11.3 Å². The molecule has 2 aliphatic rings. The monoisotopic (exact) mass is 496 g/mol. The number of thiazole rings is 1. The number of carbonyl (C=O) groups excluding carboxylic acids is 1. The summed E-state index contributed by atoms with van der Waals surface area (Å²) >= 11 is 1.86. The van der Waals surface area contributed by atoms with Crippen molar-refractivity contribution in [3.63, 3.8) is 0 Å². The van der Waals surface area contributed by atoms with E-state index in [1.807, 2.05) is 41.7 Å². The molecular weight excluding hydrogens is 464 g/mol. The molecule has 36 heavy (non-hydrogen) atoms. The van der Waals surface area contributed by atoms with Gasteiger partial charge in [-0.1, -0.05) is 42.5 Å². The van der Waals surface area contributed by atoms with Crippen molar-refractivity contribution >= 4 is 28.1 Å². The molecule has 3 heterocycles. The van der Waals surface area contributed by atoms with Crippen molar-refractivity contribution in [2.45, 2.75) is 51.1 Å². The maximum absolute atomic E-state index is 13.0. The molecule has 2 aromatic carbocycles. The molecular formula is C30H32N4OS. The summed E-state index contributed by atoms with van der Waals surface area (Å²) in [6, 6.07) is 20.5. The molecule has 1 saturated carbocycles. The highest BCUT2D eigenvalue weighted by atomic mass is 32.1. The van der Waals surface area contributed by atoms with Gasteiger partial charge in [-0.05, 0) is 69.2 Å². The first-order valence-electron chi connectivity index (χ1n) is 13.1. The molecule has 0 spiro atoms. The van der Waals surface area contributed by atoms with Gasteiger partial charge in [0.1, 0.15) is 5.01 Å². The summed E-state index contributed by atoms with van der Waals surface area (Å²) < 4.78 is 0. The molecule has 6 heteroatoms. The second kappa shape index (κ2) is 10.5. The van der Waals surface area contributed by atoms with Gasteiger partial charge in [0.05, 0.1) is 11.2 Å². The highest BCUT2D eigenvalue weighted by Gasteiger charge is 2.25. The lowest BCUT2D eigenvalue weighted by atomic mass is 9.84. The second-order valence-electron chi connectivity index (χ2n) is 10.1. The fraction of sp³-hybridized carbons (Fsp3) is 0.367. The van der Waals surface area contributed by atoms with Crippen molar-refractivity contribution in [1.29, 1.82) is 0 Å². The summed E-state index contributed by atoms with van der Waals surface area (Å²) in [7, 11) is 0. The normalized spacial score (nSPS) is 20.2. The SMILES string of the molecule is O=C(N[C@H]1CC[C@H](CCN2CCc3sc(-c4ccccc4)nc3C2)CC1)c1cccc2ncccc12. The molecule has 1 aliphatic heterocycles. The highest BCUT2D eigenvalue weighted by molar-refractivity contribution is 7.15. The van der Waals surface area contributed by atoms with Crippen molar-refractivity contribution in [2.24, 2.45) is 5.92 Å². The van der Waals surface area contributed by atoms with Crippen LogP contribution in [0.5, 0.6) is 0 Å². The van der Waals surface area contributed by atoms with Crippen LogP contribution in [0.1, 0.15) is 53.0 Å². The molecule has 1 amide bonds. The summed E-state index contributed by atoms with van der Waals surface area (Å²) in [6.07, 6.45) is 8.63. The summed E-state index contributed by atoms with van der Waals surface area (Å²) in [5.74, 6) is 0.774. The number of amides is 1. The lowest BCUT2D eigenvalue weighted by Crippen LogP contribution is -2.38. The van der Waals surface area contributed by atoms with Gasteiger partial charge in [-0.3, -0.25) is 14.7 Å². The van der Waals surface area contributed by atoms with E-state index in [1.165, 1.54) is 35.4 Å². The fourth-order valence-corrected chi connectivity index (χ4v) is 6.74. The van der Waals surface area contributed by atoms with Crippen LogP contribution < -0.4 is 5.32 Å². The van der Waals surface area contributed by atoms with E-state index in [0.29, 0.717) is 0 Å². The molecule has 0 saturated heterocycles. The van der Waals surface area contributed by atoms with Crippen molar-refractivity contribution < 1.29 is 4.79 Å². The van der Waals surface area contributed by atoms with E-state index in [2.05, 4.69) is 45.5 Å². The first-order valence-corrected chi connectivity index (χ1v) is 14.0. The van der Waals surface area contributed by atoms with E-state index in [0.717, 1.165) is 66.3 Å². The Labute approximate surface area is 216 Å². The Bertz CT molecular complexity index is 1340. The quantitative estimate of drug-likeness (QED) is 0.351. The molecule has 0 radical (unpaired) electrons. The van der Waals surface area contributed by atoms with Crippen molar-refractivity contribution in [3.05, 3.63) is 83.0 Å². The Kier molecular flexibility index (Phi) is 6.79. The van der Waals surface area contributed by atoms with E-state index in [-0.39, 0.29) is 11.9 Å². The number of aromatic nitrogens is 2. The van der Waals surface area contributed by atoms with Crippen LogP contribution in [0, 0.1) is 5.92 Å². The average Bonchev–Trinajstić information content (AvgIpc) is 3.36. The van der Waals surface area contributed by atoms with Gasteiger partial charge >= 0.3 is 0 Å². The smallest absolute Gasteiger partial charge is 0.252 e. The zero-order valence-corrected chi connectivity index (χ0v) is 21.3. The van der Waals surface area contributed by atoms with E-state index >= 15 is 0 Å². The molecule has 184 valence electrons. The number of nitrogens with one attached hydrogen (secondary N) is 1. The first-order chi connectivity index (χ1) is 17.7. The number of nitrogens with zero attached hydrogens (tertiary/aromatic N) is 3. The molecule has 2 aromatic heterocycles. The minimum Gasteiger partial charge on any atom is -0.349 e. The van der Waals surface area contributed by atoms with Gasteiger partial charge in [0.25, 0.3) is 5.91 Å². The van der Waals surface area contributed by atoms with Crippen LogP contribution in [-0.2, 0) is 13.0 Å². The molecule has 0 unspecified atom stereocenters. The number of fused-ring (bicyclic) bond motifs is 2. The van der Waals surface area contributed by atoms with Crippen LogP contribution in [-0.4, -0.2) is 39.9 Å². The van der Waals surface area contributed by atoms with Gasteiger partial charge in [0.2, 0.25) is 0 Å². The van der Waals surface area contributed by atoms with Gasteiger partial charge in [-0.25, -0.2) is 4.98 Å². The second-order valence-corrected chi connectivity index (χ2v) is 11.2. The van der Waals surface area contributed by atoms with Crippen molar-refractivity contribution in [2.75, 3.05) is 13.1 Å². The van der Waals surface area contributed by atoms with Crippen LogP contribution in [0.25, 0.3) is 21.5 Å². The molecule has 4 aromatic rings.